The minimum absolute atomic E-state index is 0.0485. The molecule has 10 heteroatoms. The molecule has 0 radical (unpaired) electrons. The number of phenolic OH excluding ortho intramolecular Hbond substituents is 1. The first-order chi connectivity index (χ1) is 15.8. The Morgan fingerprint density at radius 1 is 1.06 bits per heavy atom. The van der Waals surface area contributed by atoms with Crippen molar-refractivity contribution < 1.29 is 13.9 Å². The van der Waals surface area contributed by atoms with Gasteiger partial charge in [-0.1, -0.05) is 17.7 Å². The van der Waals surface area contributed by atoms with Crippen molar-refractivity contribution >= 4 is 67.9 Å². The average molecular weight is 578 g/mol. The molecule has 4 rings (SSSR count). The monoisotopic (exact) mass is 577 g/mol. The molecule has 0 amide bonds. The van der Waals surface area contributed by atoms with Crippen LogP contribution in [0, 0.1) is 20.7 Å². The minimum atomic E-state index is -1.10. The molecule has 166 valence electrons. The standard InChI is InChI=1S/C23H15ClF2IN5O/c24-12-6-13(27)8-15(7-12)30-19-2-1-3-20-16(19)4-5-21(31-20)22(32-28)11-29-14-9-17(25)23(33)18(26)10-14/h1-11,28-30,33H/b22-11-,32-28?. The van der Waals surface area contributed by atoms with Crippen molar-refractivity contribution in [2.45, 2.75) is 0 Å². The van der Waals surface area contributed by atoms with Crippen molar-refractivity contribution in [1.82, 2.24) is 4.98 Å². The molecule has 0 aliphatic carbocycles. The van der Waals surface area contributed by atoms with Gasteiger partial charge in [0.05, 0.1) is 11.2 Å². The normalized spacial score (nSPS) is 11.5. The third-order valence-corrected chi connectivity index (χ3v) is 5.49. The second kappa shape index (κ2) is 9.67. The van der Waals surface area contributed by atoms with Crippen LogP contribution in [-0.4, -0.2) is 10.1 Å². The Kier molecular flexibility index (Phi) is 6.70. The van der Waals surface area contributed by atoms with Crippen LogP contribution in [0.25, 0.3) is 16.6 Å². The molecular formula is C23H15ClF2IN5O. The van der Waals surface area contributed by atoms with Gasteiger partial charge in [-0.3, -0.25) is 0 Å². The molecule has 1 aromatic heterocycles. The zero-order chi connectivity index (χ0) is 23.5. The van der Waals surface area contributed by atoms with Gasteiger partial charge in [0.2, 0.25) is 0 Å². The number of rotatable bonds is 6. The molecule has 33 heavy (non-hydrogen) atoms. The molecule has 0 unspecified atom stereocenters. The third kappa shape index (κ3) is 5.20. The zero-order valence-electron chi connectivity index (χ0n) is 16.7. The van der Waals surface area contributed by atoms with Crippen molar-refractivity contribution in [3.05, 3.63) is 92.8 Å². The van der Waals surface area contributed by atoms with Gasteiger partial charge in [-0.05, 0) is 65.1 Å². The predicted octanol–water partition coefficient (Wildman–Crippen LogP) is 7.66. The molecule has 0 atom stereocenters. The number of hydrogen-bond acceptors (Lipinski definition) is 6. The molecule has 0 fully saturated rings. The maximum Gasteiger partial charge on any atom is 0.187 e. The molecule has 0 aliphatic heterocycles. The van der Waals surface area contributed by atoms with Crippen LogP contribution in [0.4, 0.5) is 25.8 Å². The second-order valence-electron chi connectivity index (χ2n) is 6.93. The fourth-order valence-electron chi connectivity index (χ4n) is 3.15. The SMILES string of the molecule is N=N/C(=C\Nc1cc(F)c(O)c(F)c1)c1ccc2c(Nc3cc(Cl)cc(I)c3)cccc2n1. The summed E-state index contributed by atoms with van der Waals surface area (Å²) in [6, 6.07) is 16.6. The van der Waals surface area contributed by atoms with Crippen molar-refractivity contribution in [3.63, 3.8) is 0 Å². The first kappa shape index (κ1) is 22.9. The van der Waals surface area contributed by atoms with E-state index in [2.05, 4.69) is 43.3 Å². The number of nitrogens with zero attached hydrogens (tertiary/aromatic N) is 2. The molecule has 1 heterocycles. The number of benzene rings is 3. The number of aromatic hydroxyl groups is 1. The topological polar surface area (TPSA) is 93.4 Å². The molecule has 4 aromatic rings. The van der Waals surface area contributed by atoms with Crippen LogP contribution in [0.1, 0.15) is 5.69 Å². The number of aromatic nitrogens is 1. The lowest BCUT2D eigenvalue weighted by molar-refractivity contribution is 0.396. The average Bonchev–Trinajstić information content (AvgIpc) is 2.77. The summed E-state index contributed by atoms with van der Waals surface area (Å²) in [4.78, 5) is 4.57. The first-order valence-corrected chi connectivity index (χ1v) is 10.9. The predicted molar refractivity (Wildman–Crippen MR) is 134 cm³/mol. The first-order valence-electron chi connectivity index (χ1n) is 9.49. The van der Waals surface area contributed by atoms with E-state index >= 15 is 0 Å². The van der Waals surface area contributed by atoms with E-state index in [1.165, 1.54) is 6.20 Å². The number of pyridine rings is 1. The van der Waals surface area contributed by atoms with E-state index < -0.39 is 17.4 Å². The summed E-state index contributed by atoms with van der Waals surface area (Å²) >= 11 is 8.35. The summed E-state index contributed by atoms with van der Waals surface area (Å²) in [6.45, 7) is 0. The largest absolute Gasteiger partial charge is 0.503 e. The molecular weight excluding hydrogens is 563 g/mol. The summed E-state index contributed by atoms with van der Waals surface area (Å²) in [5.41, 5.74) is 10.4. The molecule has 3 aromatic carbocycles. The number of anilines is 3. The van der Waals surface area contributed by atoms with Gasteiger partial charge >= 0.3 is 0 Å². The molecule has 0 saturated carbocycles. The number of halogens is 4. The Morgan fingerprint density at radius 2 is 1.82 bits per heavy atom. The molecule has 0 spiro atoms. The number of hydrogen-bond donors (Lipinski definition) is 4. The van der Waals surface area contributed by atoms with Crippen molar-refractivity contribution in [1.29, 1.82) is 5.53 Å². The maximum atomic E-state index is 13.5. The summed E-state index contributed by atoms with van der Waals surface area (Å²) < 4.78 is 28.1. The van der Waals surface area contributed by atoms with Gasteiger partial charge in [-0.2, -0.15) is 5.11 Å². The number of nitrogens with one attached hydrogen (secondary N) is 3. The number of phenols is 1. The van der Waals surface area contributed by atoms with Crippen molar-refractivity contribution in [2.24, 2.45) is 5.11 Å². The van der Waals surface area contributed by atoms with Crippen LogP contribution in [0.15, 0.2) is 72.0 Å². The lowest BCUT2D eigenvalue weighted by atomic mass is 10.1. The Balaban J connectivity index is 1.64. The summed E-state index contributed by atoms with van der Waals surface area (Å²) in [7, 11) is 0. The van der Waals surface area contributed by atoms with E-state index in [1.54, 1.807) is 6.07 Å². The van der Waals surface area contributed by atoms with Gasteiger partial charge in [-0.25, -0.2) is 19.3 Å². The van der Waals surface area contributed by atoms with Crippen LogP contribution < -0.4 is 10.6 Å². The van der Waals surface area contributed by atoms with Crippen LogP contribution in [0.5, 0.6) is 5.75 Å². The van der Waals surface area contributed by atoms with Crippen LogP contribution in [0.3, 0.4) is 0 Å². The van der Waals surface area contributed by atoms with Gasteiger partial charge in [0.15, 0.2) is 17.4 Å². The fraction of sp³-hybridized carbons (Fsp3) is 0. The summed E-state index contributed by atoms with van der Waals surface area (Å²) in [6.07, 6.45) is 1.31. The third-order valence-electron chi connectivity index (χ3n) is 4.65. The zero-order valence-corrected chi connectivity index (χ0v) is 19.6. The smallest absolute Gasteiger partial charge is 0.187 e. The molecule has 0 bridgehead atoms. The van der Waals surface area contributed by atoms with Crippen LogP contribution in [-0.2, 0) is 0 Å². The highest BCUT2D eigenvalue weighted by Gasteiger charge is 2.11. The second-order valence-corrected chi connectivity index (χ2v) is 8.61. The van der Waals surface area contributed by atoms with E-state index in [0.29, 0.717) is 16.2 Å². The summed E-state index contributed by atoms with van der Waals surface area (Å²) in [5.74, 6) is -3.26. The van der Waals surface area contributed by atoms with E-state index in [4.69, 9.17) is 17.1 Å². The molecule has 0 saturated heterocycles. The molecule has 4 N–H and O–H groups in total. The van der Waals surface area contributed by atoms with Crippen molar-refractivity contribution in [2.75, 3.05) is 10.6 Å². The quantitative estimate of drug-likeness (QED) is 0.108. The van der Waals surface area contributed by atoms with E-state index in [-0.39, 0.29) is 11.4 Å². The lowest BCUT2D eigenvalue weighted by Gasteiger charge is -2.11. The molecule has 0 aliphatic rings. The van der Waals surface area contributed by atoms with Crippen molar-refractivity contribution in [3.8, 4) is 5.75 Å². The van der Waals surface area contributed by atoms with E-state index in [1.807, 2.05) is 42.5 Å². The highest BCUT2D eigenvalue weighted by Crippen LogP contribution is 2.30. The highest BCUT2D eigenvalue weighted by molar-refractivity contribution is 14.1. The van der Waals surface area contributed by atoms with Gasteiger partial charge < -0.3 is 15.7 Å². The van der Waals surface area contributed by atoms with Gasteiger partial charge in [0.1, 0.15) is 5.70 Å². The van der Waals surface area contributed by atoms with Crippen LogP contribution >= 0.6 is 34.2 Å². The van der Waals surface area contributed by atoms with E-state index in [9.17, 15) is 13.9 Å². The maximum absolute atomic E-state index is 13.5. The Hall–Kier alpha value is -3.31. The number of fused-ring (bicyclic) bond motifs is 1. The minimum Gasteiger partial charge on any atom is -0.503 e. The Labute approximate surface area is 206 Å². The Morgan fingerprint density at radius 3 is 2.52 bits per heavy atom. The van der Waals surface area contributed by atoms with Gasteiger partial charge in [0, 0.05) is 49.4 Å². The van der Waals surface area contributed by atoms with Crippen LogP contribution in [0.2, 0.25) is 5.02 Å². The highest BCUT2D eigenvalue weighted by atomic mass is 127. The van der Waals surface area contributed by atoms with Gasteiger partial charge in [-0.15, -0.1) is 0 Å². The molecule has 6 nitrogen and oxygen atoms in total. The lowest BCUT2D eigenvalue weighted by Crippen LogP contribution is -1.96. The van der Waals surface area contributed by atoms with E-state index in [0.717, 1.165) is 32.5 Å². The Bertz CT molecular complexity index is 1370. The fourth-order valence-corrected chi connectivity index (χ4v) is 4.24. The van der Waals surface area contributed by atoms with Gasteiger partial charge in [0.25, 0.3) is 0 Å². The summed E-state index contributed by atoms with van der Waals surface area (Å²) in [5, 5.41) is 20.2.